The normalized spacial score (nSPS) is 15.2. The predicted molar refractivity (Wildman–Crippen MR) is 95.9 cm³/mol. The van der Waals surface area contributed by atoms with E-state index in [4.69, 9.17) is 11.6 Å². The number of benzene rings is 1. The van der Waals surface area contributed by atoms with Gasteiger partial charge in [-0.3, -0.25) is 9.48 Å². The lowest BCUT2D eigenvalue weighted by Gasteiger charge is -2.27. The molecule has 0 saturated carbocycles. The van der Waals surface area contributed by atoms with Gasteiger partial charge in [0, 0.05) is 17.3 Å². The molecule has 1 amide bonds. The summed E-state index contributed by atoms with van der Waals surface area (Å²) in [6.07, 6.45) is -0.585. The van der Waals surface area contributed by atoms with Crippen molar-refractivity contribution in [1.29, 1.82) is 0 Å². The summed E-state index contributed by atoms with van der Waals surface area (Å²) in [4.78, 5) is 14.3. The smallest absolute Gasteiger partial charge is 0.232 e. The summed E-state index contributed by atoms with van der Waals surface area (Å²) in [5, 5.41) is 14.7. The lowest BCUT2D eigenvalue weighted by Crippen LogP contribution is -2.39. The van der Waals surface area contributed by atoms with Gasteiger partial charge < -0.3 is 10.0 Å². The average molecular weight is 366 g/mol. The molecule has 0 fully saturated rings. The largest absolute Gasteiger partial charge is 0.387 e. The van der Waals surface area contributed by atoms with E-state index in [-0.39, 0.29) is 5.91 Å². The number of amides is 1. The minimum absolute atomic E-state index is 0.123. The van der Waals surface area contributed by atoms with Crippen molar-refractivity contribution in [1.82, 2.24) is 14.7 Å². The number of hydrogen-bond acceptors (Lipinski definition) is 4. The minimum atomic E-state index is -0.585. The third kappa shape index (κ3) is 3.94. The highest BCUT2D eigenvalue weighted by Gasteiger charge is 2.23. The van der Waals surface area contributed by atoms with Gasteiger partial charge in [-0.25, -0.2) is 0 Å². The third-order valence-electron chi connectivity index (χ3n) is 4.04. The Morgan fingerprint density at radius 1 is 1.42 bits per heavy atom. The predicted octanol–water partition coefficient (Wildman–Crippen LogP) is 2.87. The van der Waals surface area contributed by atoms with Crippen LogP contribution >= 0.6 is 23.4 Å². The van der Waals surface area contributed by atoms with Crippen molar-refractivity contribution in [2.45, 2.75) is 31.9 Å². The van der Waals surface area contributed by atoms with Gasteiger partial charge in [-0.05, 0) is 24.6 Å². The monoisotopic (exact) mass is 365 g/mol. The van der Waals surface area contributed by atoms with Gasteiger partial charge in [0.25, 0.3) is 0 Å². The van der Waals surface area contributed by atoms with Crippen LogP contribution in [0.1, 0.15) is 30.0 Å². The zero-order valence-electron chi connectivity index (χ0n) is 13.5. The number of aliphatic hydroxyl groups is 1. The van der Waals surface area contributed by atoms with E-state index in [1.807, 2.05) is 39.9 Å². The van der Waals surface area contributed by atoms with E-state index in [1.54, 1.807) is 18.7 Å². The fourth-order valence-electron chi connectivity index (χ4n) is 2.66. The average Bonchev–Trinajstić information content (AvgIpc) is 3.00. The maximum Gasteiger partial charge on any atom is 0.232 e. The topological polar surface area (TPSA) is 58.4 Å². The molecule has 1 atom stereocenters. The van der Waals surface area contributed by atoms with Crippen LogP contribution in [0.3, 0.4) is 0 Å². The zero-order chi connectivity index (χ0) is 17.1. The van der Waals surface area contributed by atoms with Crippen molar-refractivity contribution in [2.24, 2.45) is 0 Å². The van der Waals surface area contributed by atoms with Gasteiger partial charge in [0.15, 0.2) is 0 Å². The summed E-state index contributed by atoms with van der Waals surface area (Å²) in [6.45, 7) is 3.57. The third-order valence-corrected chi connectivity index (χ3v) is 5.37. The van der Waals surface area contributed by atoms with E-state index in [1.165, 1.54) is 0 Å². The number of fused-ring (bicyclic) bond motifs is 1. The molecule has 24 heavy (non-hydrogen) atoms. The zero-order valence-corrected chi connectivity index (χ0v) is 15.1. The van der Waals surface area contributed by atoms with E-state index in [9.17, 15) is 9.90 Å². The van der Waals surface area contributed by atoms with Gasteiger partial charge in [0.2, 0.25) is 5.91 Å². The Morgan fingerprint density at radius 2 is 2.21 bits per heavy atom. The standard InChI is InChI=1S/C17H20ClN3O2S/c1-12(22)16-8-14-9-20(6-7-21(14)19-16)17(23)11-24-10-13-4-2-3-5-15(13)18/h2-5,8,12,22H,6-7,9-11H2,1H3/t12-/m1/s1. The summed E-state index contributed by atoms with van der Waals surface area (Å²) in [5.41, 5.74) is 2.68. The van der Waals surface area contributed by atoms with E-state index in [0.29, 0.717) is 31.1 Å². The van der Waals surface area contributed by atoms with Crippen LogP contribution in [0.25, 0.3) is 0 Å². The molecule has 0 radical (unpaired) electrons. The van der Waals surface area contributed by atoms with Gasteiger partial charge in [-0.2, -0.15) is 5.10 Å². The lowest BCUT2D eigenvalue weighted by molar-refractivity contribution is -0.129. The number of carbonyl (C=O) groups excluding carboxylic acids is 1. The Hall–Kier alpha value is -1.50. The van der Waals surface area contributed by atoms with Gasteiger partial charge in [-0.15, -0.1) is 11.8 Å². The van der Waals surface area contributed by atoms with Crippen molar-refractivity contribution in [3.05, 3.63) is 52.3 Å². The molecular formula is C17H20ClN3O2S. The summed E-state index contributed by atoms with van der Waals surface area (Å²) < 4.78 is 1.88. The molecule has 1 aromatic heterocycles. The number of carbonyl (C=O) groups is 1. The van der Waals surface area contributed by atoms with Crippen LogP contribution in [0.4, 0.5) is 0 Å². The van der Waals surface area contributed by atoms with Crippen molar-refractivity contribution in [2.75, 3.05) is 12.3 Å². The molecular weight excluding hydrogens is 346 g/mol. The molecule has 1 aromatic carbocycles. The summed E-state index contributed by atoms with van der Waals surface area (Å²) in [5.74, 6) is 1.28. The van der Waals surface area contributed by atoms with Crippen molar-refractivity contribution in [3.8, 4) is 0 Å². The molecule has 0 unspecified atom stereocenters. The first-order valence-electron chi connectivity index (χ1n) is 7.88. The van der Waals surface area contributed by atoms with Crippen LogP contribution in [0.2, 0.25) is 5.02 Å². The summed E-state index contributed by atoms with van der Waals surface area (Å²) in [7, 11) is 0. The number of nitrogens with zero attached hydrogens (tertiary/aromatic N) is 3. The molecule has 1 aliphatic heterocycles. The van der Waals surface area contributed by atoms with Crippen molar-refractivity contribution in [3.63, 3.8) is 0 Å². The minimum Gasteiger partial charge on any atom is -0.387 e. The van der Waals surface area contributed by atoms with Crippen molar-refractivity contribution >= 4 is 29.3 Å². The maximum absolute atomic E-state index is 12.4. The Kier molecular flexibility index (Phi) is 5.48. The molecule has 2 aromatic rings. The van der Waals surface area contributed by atoms with Crippen LogP contribution < -0.4 is 0 Å². The Balaban J connectivity index is 1.53. The number of thioether (sulfide) groups is 1. The van der Waals surface area contributed by atoms with Crippen LogP contribution in [0.15, 0.2) is 30.3 Å². The Bertz CT molecular complexity index is 732. The molecule has 1 N–H and O–H groups in total. The second-order valence-electron chi connectivity index (χ2n) is 5.86. The van der Waals surface area contributed by atoms with Gasteiger partial charge >= 0.3 is 0 Å². The molecule has 0 spiro atoms. The molecule has 0 saturated heterocycles. The van der Waals surface area contributed by atoms with Crippen LogP contribution in [-0.2, 0) is 23.6 Å². The molecule has 3 rings (SSSR count). The fraction of sp³-hybridized carbons (Fsp3) is 0.412. The quantitative estimate of drug-likeness (QED) is 0.885. The molecule has 1 aliphatic rings. The molecule has 5 nitrogen and oxygen atoms in total. The Labute approximate surface area is 150 Å². The van der Waals surface area contributed by atoms with E-state index in [0.717, 1.165) is 22.0 Å². The van der Waals surface area contributed by atoms with Crippen molar-refractivity contribution < 1.29 is 9.90 Å². The van der Waals surface area contributed by atoms with Crippen LogP contribution in [0.5, 0.6) is 0 Å². The number of halogens is 1. The highest BCUT2D eigenvalue weighted by Crippen LogP contribution is 2.22. The summed E-state index contributed by atoms with van der Waals surface area (Å²) in [6, 6.07) is 9.58. The van der Waals surface area contributed by atoms with Gasteiger partial charge in [-0.1, -0.05) is 29.8 Å². The van der Waals surface area contributed by atoms with Gasteiger partial charge in [0.1, 0.15) is 0 Å². The van der Waals surface area contributed by atoms with E-state index < -0.39 is 6.10 Å². The summed E-state index contributed by atoms with van der Waals surface area (Å²) >= 11 is 7.71. The fourth-order valence-corrected chi connectivity index (χ4v) is 3.87. The highest BCUT2D eigenvalue weighted by molar-refractivity contribution is 7.99. The SMILES string of the molecule is C[C@@H](O)c1cc2n(n1)CCN(C(=O)CSCc1ccccc1Cl)C2. The Morgan fingerprint density at radius 3 is 2.96 bits per heavy atom. The molecule has 0 aliphatic carbocycles. The van der Waals surface area contributed by atoms with Gasteiger partial charge in [0.05, 0.1) is 36.3 Å². The highest BCUT2D eigenvalue weighted by atomic mass is 35.5. The number of hydrogen-bond donors (Lipinski definition) is 1. The van der Waals surface area contributed by atoms with E-state index >= 15 is 0 Å². The second kappa shape index (κ2) is 7.59. The number of aliphatic hydroxyl groups excluding tert-OH is 1. The van der Waals surface area contributed by atoms with Crippen LogP contribution in [0, 0.1) is 0 Å². The first-order valence-corrected chi connectivity index (χ1v) is 9.41. The van der Waals surface area contributed by atoms with E-state index in [2.05, 4.69) is 5.10 Å². The molecule has 128 valence electrons. The number of rotatable bonds is 5. The molecule has 2 heterocycles. The maximum atomic E-state index is 12.4. The number of aromatic nitrogens is 2. The second-order valence-corrected chi connectivity index (χ2v) is 7.25. The molecule has 0 bridgehead atoms. The first kappa shape index (κ1) is 17.3. The lowest BCUT2D eigenvalue weighted by atomic mass is 10.2. The first-order chi connectivity index (χ1) is 11.5. The molecule has 7 heteroatoms. The van der Waals surface area contributed by atoms with Crippen LogP contribution in [-0.4, -0.2) is 38.0 Å².